The lowest BCUT2D eigenvalue weighted by molar-refractivity contribution is 0.438. The van der Waals surface area contributed by atoms with Gasteiger partial charge in [-0.15, -0.1) is 0 Å². The summed E-state index contributed by atoms with van der Waals surface area (Å²) in [4.78, 5) is 7.24. The zero-order valence-electron chi connectivity index (χ0n) is 16.9. The maximum absolute atomic E-state index is 13.5. The maximum atomic E-state index is 13.5. The van der Waals surface area contributed by atoms with Crippen molar-refractivity contribution >= 4 is 11.3 Å². The standard InChI is InChI=1S/C25H23F2N3/c1-17-10-12-29(13-11-17)22-14-23(18-2-6-20(26)7-3-18)25-28-24(16-30(25)15-22)19-4-8-21(27)9-5-19/h2-9,14-17H,10-13H2,1H3. The van der Waals surface area contributed by atoms with Gasteiger partial charge in [0, 0.05) is 36.6 Å². The molecular weight excluding hydrogens is 380 g/mol. The highest BCUT2D eigenvalue weighted by Crippen LogP contribution is 2.33. The summed E-state index contributed by atoms with van der Waals surface area (Å²) in [6.07, 6.45) is 6.44. The zero-order chi connectivity index (χ0) is 20.7. The van der Waals surface area contributed by atoms with Gasteiger partial charge in [0.15, 0.2) is 0 Å². The lowest BCUT2D eigenvalue weighted by Gasteiger charge is -2.32. The molecule has 5 heteroatoms. The molecule has 152 valence electrons. The van der Waals surface area contributed by atoms with Crippen molar-refractivity contribution in [1.82, 2.24) is 9.38 Å². The van der Waals surface area contributed by atoms with E-state index < -0.39 is 0 Å². The number of hydrogen-bond donors (Lipinski definition) is 0. The predicted molar refractivity (Wildman–Crippen MR) is 117 cm³/mol. The Morgan fingerprint density at radius 2 is 1.43 bits per heavy atom. The zero-order valence-corrected chi connectivity index (χ0v) is 16.9. The van der Waals surface area contributed by atoms with E-state index in [0.717, 1.165) is 52.7 Å². The van der Waals surface area contributed by atoms with Crippen molar-refractivity contribution in [3.05, 3.63) is 78.6 Å². The summed E-state index contributed by atoms with van der Waals surface area (Å²) in [6, 6.07) is 15.1. The number of nitrogens with zero attached hydrogens (tertiary/aromatic N) is 3. The lowest BCUT2D eigenvalue weighted by atomic mass is 9.98. The third kappa shape index (κ3) is 3.56. The fourth-order valence-corrected chi connectivity index (χ4v) is 4.12. The second-order valence-electron chi connectivity index (χ2n) is 8.15. The van der Waals surface area contributed by atoms with Gasteiger partial charge in [0.1, 0.15) is 17.3 Å². The van der Waals surface area contributed by atoms with Crippen molar-refractivity contribution in [2.75, 3.05) is 18.0 Å². The predicted octanol–water partition coefficient (Wildman–Crippen LogP) is 6.18. The number of aromatic nitrogens is 2. The van der Waals surface area contributed by atoms with E-state index in [-0.39, 0.29) is 11.6 Å². The lowest BCUT2D eigenvalue weighted by Crippen LogP contribution is -2.32. The molecule has 30 heavy (non-hydrogen) atoms. The van der Waals surface area contributed by atoms with Gasteiger partial charge in [0.05, 0.1) is 11.4 Å². The minimum absolute atomic E-state index is 0.258. The van der Waals surface area contributed by atoms with Gasteiger partial charge in [-0.3, -0.25) is 0 Å². The third-order valence-electron chi connectivity index (χ3n) is 5.98. The van der Waals surface area contributed by atoms with Crippen LogP contribution in [0.2, 0.25) is 0 Å². The van der Waals surface area contributed by atoms with Gasteiger partial charge in [-0.25, -0.2) is 13.8 Å². The van der Waals surface area contributed by atoms with Crippen LogP contribution in [0.4, 0.5) is 14.5 Å². The molecule has 3 nitrogen and oxygen atoms in total. The summed E-state index contributed by atoms with van der Waals surface area (Å²) in [5.74, 6) is 0.224. The molecule has 1 aliphatic rings. The summed E-state index contributed by atoms with van der Waals surface area (Å²) in [7, 11) is 0. The molecular formula is C25H23F2N3. The molecule has 0 N–H and O–H groups in total. The molecule has 2 aromatic carbocycles. The molecule has 2 aromatic heterocycles. The highest BCUT2D eigenvalue weighted by Gasteiger charge is 2.19. The Labute approximate surface area is 174 Å². The summed E-state index contributed by atoms with van der Waals surface area (Å²) in [6.45, 7) is 4.35. The second-order valence-corrected chi connectivity index (χ2v) is 8.15. The summed E-state index contributed by atoms with van der Waals surface area (Å²) in [5.41, 5.74) is 5.46. The van der Waals surface area contributed by atoms with Crippen LogP contribution in [0.15, 0.2) is 67.0 Å². The van der Waals surface area contributed by atoms with Crippen molar-refractivity contribution < 1.29 is 8.78 Å². The molecule has 5 rings (SSSR count). The van der Waals surface area contributed by atoms with Crippen molar-refractivity contribution in [3.8, 4) is 22.4 Å². The maximum Gasteiger partial charge on any atom is 0.145 e. The average molecular weight is 403 g/mol. The number of rotatable bonds is 3. The van der Waals surface area contributed by atoms with Crippen LogP contribution in [0.1, 0.15) is 19.8 Å². The van der Waals surface area contributed by atoms with Crippen LogP contribution in [0.25, 0.3) is 28.0 Å². The first-order valence-electron chi connectivity index (χ1n) is 10.4. The van der Waals surface area contributed by atoms with E-state index >= 15 is 0 Å². The minimum atomic E-state index is -0.267. The van der Waals surface area contributed by atoms with Crippen molar-refractivity contribution in [3.63, 3.8) is 0 Å². The van der Waals surface area contributed by atoms with Crippen molar-refractivity contribution in [1.29, 1.82) is 0 Å². The molecule has 0 unspecified atom stereocenters. The van der Waals surface area contributed by atoms with E-state index in [1.54, 1.807) is 24.3 Å². The Bertz CT molecular complexity index is 1170. The minimum Gasteiger partial charge on any atom is -0.370 e. The van der Waals surface area contributed by atoms with Crippen LogP contribution in [0.5, 0.6) is 0 Å². The van der Waals surface area contributed by atoms with Crippen molar-refractivity contribution in [2.45, 2.75) is 19.8 Å². The number of benzene rings is 2. The molecule has 0 atom stereocenters. The molecule has 1 aliphatic heterocycles. The third-order valence-corrected chi connectivity index (χ3v) is 5.98. The molecule has 1 fully saturated rings. The molecule has 0 amide bonds. The van der Waals surface area contributed by atoms with Gasteiger partial charge in [-0.2, -0.15) is 0 Å². The Morgan fingerprint density at radius 3 is 2.07 bits per heavy atom. The van der Waals surface area contributed by atoms with Crippen molar-refractivity contribution in [2.24, 2.45) is 5.92 Å². The summed E-state index contributed by atoms with van der Waals surface area (Å²) in [5, 5.41) is 0. The SMILES string of the molecule is CC1CCN(c2cc(-c3ccc(F)cc3)c3nc(-c4ccc(F)cc4)cn3c2)CC1. The normalized spacial score (nSPS) is 15.1. The second kappa shape index (κ2) is 7.56. The van der Waals surface area contributed by atoms with Crippen LogP contribution in [-0.2, 0) is 0 Å². The van der Waals surface area contributed by atoms with E-state index in [1.165, 1.54) is 37.1 Å². The Kier molecular flexibility index (Phi) is 4.74. The van der Waals surface area contributed by atoms with Gasteiger partial charge < -0.3 is 9.30 Å². The highest BCUT2D eigenvalue weighted by molar-refractivity contribution is 5.82. The molecule has 0 saturated carbocycles. The Hall–Kier alpha value is -3.21. The molecule has 0 aliphatic carbocycles. The fourth-order valence-electron chi connectivity index (χ4n) is 4.12. The van der Waals surface area contributed by atoms with E-state index in [4.69, 9.17) is 4.98 Å². The van der Waals surface area contributed by atoms with Crippen LogP contribution in [-0.4, -0.2) is 22.5 Å². The van der Waals surface area contributed by atoms with Crippen LogP contribution >= 0.6 is 0 Å². The van der Waals surface area contributed by atoms with Gasteiger partial charge >= 0.3 is 0 Å². The molecule has 1 saturated heterocycles. The molecule has 3 heterocycles. The number of halogens is 2. The first-order chi connectivity index (χ1) is 14.6. The van der Waals surface area contributed by atoms with Crippen LogP contribution < -0.4 is 4.90 Å². The van der Waals surface area contributed by atoms with Crippen LogP contribution in [0, 0.1) is 17.6 Å². The number of pyridine rings is 1. The Morgan fingerprint density at radius 1 is 0.833 bits per heavy atom. The number of piperidine rings is 1. The number of imidazole rings is 1. The molecule has 0 bridgehead atoms. The molecule has 4 aromatic rings. The first-order valence-corrected chi connectivity index (χ1v) is 10.4. The smallest absolute Gasteiger partial charge is 0.145 e. The highest BCUT2D eigenvalue weighted by atomic mass is 19.1. The first kappa shape index (κ1) is 18.8. The quantitative estimate of drug-likeness (QED) is 0.407. The molecule has 0 radical (unpaired) electrons. The monoisotopic (exact) mass is 403 g/mol. The van der Waals surface area contributed by atoms with Gasteiger partial charge in [0.25, 0.3) is 0 Å². The van der Waals surface area contributed by atoms with Gasteiger partial charge in [-0.1, -0.05) is 19.1 Å². The van der Waals surface area contributed by atoms with Gasteiger partial charge in [0.2, 0.25) is 0 Å². The summed E-state index contributed by atoms with van der Waals surface area (Å²) < 4.78 is 28.9. The van der Waals surface area contributed by atoms with E-state index in [1.807, 2.05) is 10.6 Å². The average Bonchev–Trinajstić information content (AvgIpc) is 3.19. The summed E-state index contributed by atoms with van der Waals surface area (Å²) >= 11 is 0. The topological polar surface area (TPSA) is 20.5 Å². The van der Waals surface area contributed by atoms with E-state index in [0.29, 0.717) is 0 Å². The van der Waals surface area contributed by atoms with E-state index in [9.17, 15) is 8.78 Å². The fraction of sp³-hybridized carbons (Fsp3) is 0.240. The number of anilines is 1. The number of fused-ring (bicyclic) bond motifs is 1. The molecule has 0 spiro atoms. The Balaban J connectivity index is 1.65. The number of hydrogen-bond acceptors (Lipinski definition) is 2. The van der Waals surface area contributed by atoms with E-state index in [2.05, 4.69) is 24.1 Å². The van der Waals surface area contributed by atoms with Gasteiger partial charge in [-0.05, 0) is 66.8 Å². The van der Waals surface area contributed by atoms with Crippen LogP contribution in [0.3, 0.4) is 0 Å². The largest absolute Gasteiger partial charge is 0.370 e.